The largest absolute Gasteiger partial charge is 0.0845 e. The zero-order valence-corrected chi connectivity index (χ0v) is 16.0. The van der Waals surface area contributed by atoms with Crippen molar-refractivity contribution in [2.24, 2.45) is 0 Å². The quantitative estimate of drug-likeness (QED) is 0.415. The lowest BCUT2D eigenvalue weighted by Crippen LogP contribution is -1.68. The predicted octanol–water partition coefficient (Wildman–Crippen LogP) is 7.84. The highest BCUT2D eigenvalue weighted by Crippen LogP contribution is 1.98. The van der Waals surface area contributed by atoms with Gasteiger partial charge in [0.25, 0.3) is 0 Å². The molecule has 0 aromatic heterocycles. The number of hydrogen-bond acceptors (Lipinski definition) is 0. The van der Waals surface area contributed by atoms with Crippen LogP contribution in [-0.4, -0.2) is 0 Å². The van der Waals surface area contributed by atoms with Gasteiger partial charge in [-0.25, -0.2) is 0 Å². The minimum Gasteiger partial charge on any atom is -0.0845 e. The summed E-state index contributed by atoms with van der Waals surface area (Å²) < 4.78 is 0. The lowest BCUT2D eigenvalue weighted by molar-refractivity contribution is 0.868. The molecule has 0 fully saturated rings. The highest BCUT2D eigenvalue weighted by molar-refractivity contribution is 5.23. The molecular formula is C27H30. The van der Waals surface area contributed by atoms with E-state index < -0.39 is 0 Å². The summed E-state index contributed by atoms with van der Waals surface area (Å²) in [4.78, 5) is 0. The molecule has 0 radical (unpaired) electrons. The summed E-state index contributed by atoms with van der Waals surface area (Å²) >= 11 is 0. The third-order valence-electron chi connectivity index (χ3n) is 3.35. The van der Waals surface area contributed by atoms with Gasteiger partial charge in [0, 0.05) is 0 Å². The summed E-state index contributed by atoms with van der Waals surface area (Å²) in [5, 5.41) is 0. The molecule has 0 atom stereocenters. The lowest BCUT2D eigenvalue weighted by atomic mass is 10.2. The van der Waals surface area contributed by atoms with E-state index in [1.54, 1.807) is 0 Å². The molecule has 1 aliphatic carbocycles. The van der Waals surface area contributed by atoms with Gasteiger partial charge in [0.15, 0.2) is 0 Å². The van der Waals surface area contributed by atoms with Crippen molar-refractivity contribution in [3.05, 3.63) is 146 Å². The van der Waals surface area contributed by atoms with Crippen LogP contribution < -0.4 is 0 Å². The molecule has 0 heteroatoms. The summed E-state index contributed by atoms with van der Waals surface area (Å²) in [6.45, 7) is 0. The van der Waals surface area contributed by atoms with E-state index in [0.717, 1.165) is 12.8 Å². The molecule has 0 amide bonds. The minimum atomic E-state index is 1.10. The van der Waals surface area contributed by atoms with E-state index in [4.69, 9.17) is 0 Å². The van der Waals surface area contributed by atoms with Gasteiger partial charge in [0.1, 0.15) is 0 Å². The van der Waals surface area contributed by atoms with E-state index in [1.807, 2.05) is 109 Å². The monoisotopic (exact) mass is 354 g/mol. The summed E-state index contributed by atoms with van der Waals surface area (Å²) in [7, 11) is 0. The fraction of sp³-hybridized carbons (Fsp3) is 0.111. The molecule has 0 bridgehead atoms. The van der Waals surface area contributed by atoms with E-state index >= 15 is 0 Å². The van der Waals surface area contributed by atoms with Gasteiger partial charge in [0.05, 0.1) is 0 Å². The van der Waals surface area contributed by atoms with Crippen molar-refractivity contribution >= 4 is 0 Å². The van der Waals surface area contributed by atoms with E-state index in [2.05, 4.69) is 36.5 Å². The van der Waals surface area contributed by atoms with Crippen LogP contribution in [0.1, 0.15) is 19.3 Å². The van der Waals surface area contributed by atoms with Gasteiger partial charge < -0.3 is 0 Å². The van der Waals surface area contributed by atoms with Gasteiger partial charge in [-0.2, -0.15) is 0 Å². The van der Waals surface area contributed by atoms with E-state index in [1.165, 1.54) is 6.42 Å². The van der Waals surface area contributed by atoms with Crippen LogP contribution in [-0.2, 0) is 0 Å². The average Bonchev–Trinajstić information content (AvgIpc) is 2.68. The van der Waals surface area contributed by atoms with Crippen LogP contribution in [0.25, 0.3) is 0 Å². The Hall–Kier alpha value is -3.12. The zero-order chi connectivity index (χ0) is 19.1. The molecule has 1 rings (SSSR count). The van der Waals surface area contributed by atoms with Crippen molar-refractivity contribution in [1.29, 1.82) is 0 Å². The van der Waals surface area contributed by atoms with Crippen molar-refractivity contribution < 1.29 is 0 Å². The molecule has 0 aromatic carbocycles. The third kappa shape index (κ3) is 17.5. The first-order valence-corrected chi connectivity index (χ1v) is 9.48. The molecule has 0 nitrogen and oxygen atoms in total. The average molecular weight is 355 g/mol. The summed E-state index contributed by atoms with van der Waals surface area (Å²) in [6.07, 6.45) is 52.5. The molecule has 1 aliphatic rings. The zero-order valence-electron chi connectivity index (χ0n) is 16.0. The number of allylic oxidation sites excluding steroid dienone is 24. The molecule has 0 saturated heterocycles. The van der Waals surface area contributed by atoms with Crippen LogP contribution in [0.15, 0.2) is 146 Å². The maximum Gasteiger partial charge on any atom is -0.0345 e. The van der Waals surface area contributed by atoms with E-state index in [9.17, 15) is 0 Å². The van der Waals surface area contributed by atoms with Crippen molar-refractivity contribution in [3.8, 4) is 0 Å². The molecule has 0 aromatic rings. The maximum atomic E-state index is 2.21. The summed E-state index contributed by atoms with van der Waals surface area (Å²) in [5.74, 6) is 0. The highest BCUT2D eigenvalue weighted by Gasteiger charge is 1.78. The van der Waals surface area contributed by atoms with E-state index in [-0.39, 0.29) is 0 Å². The Balaban J connectivity index is 2.58. The Morgan fingerprint density at radius 2 is 0.407 bits per heavy atom. The Morgan fingerprint density at radius 1 is 0.222 bits per heavy atom. The van der Waals surface area contributed by atoms with Gasteiger partial charge in [-0.3, -0.25) is 0 Å². The Kier molecular flexibility index (Phi) is 15.6. The fourth-order valence-corrected chi connectivity index (χ4v) is 1.99. The second-order valence-corrected chi connectivity index (χ2v) is 5.64. The number of rotatable bonds is 0. The van der Waals surface area contributed by atoms with Crippen molar-refractivity contribution in [1.82, 2.24) is 0 Å². The summed E-state index contributed by atoms with van der Waals surface area (Å²) in [6, 6.07) is 0. The van der Waals surface area contributed by atoms with Crippen LogP contribution >= 0.6 is 0 Å². The maximum absolute atomic E-state index is 2.21. The Labute approximate surface area is 165 Å². The standard InChI is InChI=1S/C27H30/c1-2-4-6-8-10-12-14-16-18-20-22-24-26-27-25-23-21-19-17-15-13-11-9-7-5-3-1/h1-24H,25-27H2/b3-1-,4-2-,7-5-,8-6-,11-9-,12-10-,15-13-,16-14-,19-17-,20-18-,23-21-,24-22?. The van der Waals surface area contributed by atoms with Crippen molar-refractivity contribution in [2.75, 3.05) is 0 Å². The molecule has 0 spiro atoms. The first kappa shape index (κ1) is 21.9. The normalized spacial score (nSPS) is 29.9. The SMILES string of the molecule is C1=CCCC\C=C/C=C\C=C/C=C\C=C/C=C\C=C/C=C\C=C/C=C\C=C/1. The van der Waals surface area contributed by atoms with Crippen LogP contribution in [0.3, 0.4) is 0 Å². The Bertz CT molecular complexity index is 643. The number of hydrogen-bond donors (Lipinski definition) is 0. The minimum absolute atomic E-state index is 1.10. The van der Waals surface area contributed by atoms with Crippen LogP contribution in [0.4, 0.5) is 0 Å². The molecule has 0 N–H and O–H groups in total. The van der Waals surface area contributed by atoms with Gasteiger partial charge in [-0.1, -0.05) is 146 Å². The topological polar surface area (TPSA) is 0 Å². The second-order valence-electron chi connectivity index (χ2n) is 5.64. The van der Waals surface area contributed by atoms with Gasteiger partial charge in [-0.15, -0.1) is 0 Å². The van der Waals surface area contributed by atoms with Crippen LogP contribution in [0, 0.1) is 0 Å². The first-order chi connectivity index (χ1) is 13.5. The van der Waals surface area contributed by atoms with Gasteiger partial charge >= 0.3 is 0 Å². The predicted molar refractivity (Wildman–Crippen MR) is 124 cm³/mol. The molecule has 0 unspecified atom stereocenters. The molecule has 27 heavy (non-hydrogen) atoms. The van der Waals surface area contributed by atoms with Crippen LogP contribution in [0.5, 0.6) is 0 Å². The Morgan fingerprint density at radius 3 is 0.630 bits per heavy atom. The second kappa shape index (κ2) is 19.2. The third-order valence-corrected chi connectivity index (χ3v) is 3.35. The lowest BCUT2D eigenvalue weighted by Gasteiger charge is -1.88. The van der Waals surface area contributed by atoms with Crippen molar-refractivity contribution in [3.63, 3.8) is 0 Å². The molecular weight excluding hydrogens is 324 g/mol. The molecule has 0 heterocycles. The van der Waals surface area contributed by atoms with E-state index in [0.29, 0.717) is 0 Å². The van der Waals surface area contributed by atoms with Gasteiger partial charge in [0.2, 0.25) is 0 Å². The highest BCUT2D eigenvalue weighted by atomic mass is 13.8. The van der Waals surface area contributed by atoms with Crippen molar-refractivity contribution in [2.45, 2.75) is 19.3 Å². The van der Waals surface area contributed by atoms with Gasteiger partial charge in [-0.05, 0) is 19.3 Å². The molecule has 0 saturated carbocycles. The molecule has 138 valence electrons. The van der Waals surface area contributed by atoms with Crippen LogP contribution in [0.2, 0.25) is 0 Å². The summed E-state index contributed by atoms with van der Waals surface area (Å²) in [5.41, 5.74) is 0. The molecule has 0 aliphatic heterocycles. The smallest absolute Gasteiger partial charge is 0.0345 e. The first-order valence-electron chi connectivity index (χ1n) is 9.48. The fourth-order valence-electron chi connectivity index (χ4n) is 1.99.